The van der Waals surface area contributed by atoms with Crippen LogP contribution >= 0.6 is 0 Å². The minimum atomic E-state index is -1.05. The van der Waals surface area contributed by atoms with Crippen LogP contribution in [0.4, 0.5) is 0 Å². The fourth-order valence-corrected chi connectivity index (χ4v) is 3.91. The van der Waals surface area contributed by atoms with Gasteiger partial charge in [0.05, 0.1) is 11.7 Å². The van der Waals surface area contributed by atoms with Crippen molar-refractivity contribution in [3.8, 4) is 0 Å². The summed E-state index contributed by atoms with van der Waals surface area (Å²) in [5.74, 6) is 0. The summed E-state index contributed by atoms with van der Waals surface area (Å²) in [4.78, 5) is 10.6. The molecule has 0 radical (unpaired) electrons. The SMILES string of the molecule is C\C(C=O)=C/C=C/C(C)=C/C=C/C=C(C)/C=C/C=C(\C)C=C=C1C(C)(C)C[C@H](O)C[C@@]1(C)O. The van der Waals surface area contributed by atoms with E-state index >= 15 is 0 Å². The minimum Gasteiger partial charge on any atom is -0.393 e. The fraction of sp³-hybridized carbons (Fsp3) is 0.400. The van der Waals surface area contributed by atoms with Gasteiger partial charge in [-0.15, -0.1) is 5.73 Å². The van der Waals surface area contributed by atoms with Gasteiger partial charge >= 0.3 is 0 Å². The molecule has 1 saturated carbocycles. The molecule has 3 nitrogen and oxygen atoms in total. The first-order valence-corrected chi connectivity index (χ1v) is 11.4. The molecular formula is C30H40O3. The van der Waals surface area contributed by atoms with E-state index < -0.39 is 11.7 Å². The Morgan fingerprint density at radius 1 is 0.818 bits per heavy atom. The van der Waals surface area contributed by atoms with Crippen LogP contribution in [-0.2, 0) is 4.79 Å². The zero-order valence-electron chi connectivity index (χ0n) is 21.2. The van der Waals surface area contributed by atoms with Gasteiger partial charge in [-0.25, -0.2) is 0 Å². The molecule has 1 fully saturated rings. The molecule has 0 aromatic carbocycles. The molecule has 3 heteroatoms. The normalized spacial score (nSPS) is 25.2. The van der Waals surface area contributed by atoms with Crippen molar-refractivity contribution >= 4 is 6.29 Å². The molecule has 0 saturated heterocycles. The molecule has 0 aromatic rings. The molecule has 0 aromatic heterocycles. The summed E-state index contributed by atoms with van der Waals surface area (Å²) >= 11 is 0. The van der Waals surface area contributed by atoms with Crippen LogP contribution in [0.3, 0.4) is 0 Å². The number of carbonyl (C=O) groups excluding carboxylic acids is 1. The van der Waals surface area contributed by atoms with Gasteiger partial charge in [0.15, 0.2) is 0 Å². The zero-order valence-corrected chi connectivity index (χ0v) is 21.2. The summed E-state index contributed by atoms with van der Waals surface area (Å²) < 4.78 is 0. The first kappa shape index (κ1) is 28.3. The third-order valence-corrected chi connectivity index (χ3v) is 5.49. The van der Waals surface area contributed by atoms with Crippen LogP contribution in [0.1, 0.15) is 61.3 Å². The van der Waals surface area contributed by atoms with E-state index in [2.05, 4.69) is 5.73 Å². The van der Waals surface area contributed by atoms with Crippen molar-refractivity contribution in [3.05, 3.63) is 100 Å². The third kappa shape index (κ3) is 10.6. The molecular weight excluding hydrogens is 408 g/mol. The van der Waals surface area contributed by atoms with Crippen LogP contribution in [0.15, 0.2) is 100 Å². The lowest BCUT2D eigenvalue weighted by Gasteiger charge is -2.43. The summed E-state index contributed by atoms with van der Waals surface area (Å²) in [6.45, 7) is 13.7. The average molecular weight is 449 g/mol. The summed E-state index contributed by atoms with van der Waals surface area (Å²) in [6, 6.07) is 0. The maximum Gasteiger partial charge on any atom is 0.145 e. The van der Waals surface area contributed by atoms with Crippen molar-refractivity contribution < 1.29 is 15.0 Å². The Hall–Kier alpha value is -2.71. The summed E-state index contributed by atoms with van der Waals surface area (Å²) in [7, 11) is 0. The molecule has 1 aliphatic carbocycles. The summed E-state index contributed by atoms with van der Waals surface area (Å²) in [6.07, 6.45) is 22.9. The van der Waals surface area contributed by atoms with Crippen LogP contribution in [0, 0.1) is 5.41 Å². The highest BCUT2D eigenvalue weighted by Gasteiger charge is 2.44. The predicted molar refractivity (Wildman–Crippen MR) is 140 cm³/mol. The molecule has 1 rings (SSSR count). The average Bonchev–Trinajstić information content (AvgIpc) is 2.69. The molecule has 2 N–H and O–H groups in total. The Labute approximate surface area is 200 Å². The van der Waals surface area contributed by atoms with Gasteiger partial charge in [0.2, 0.25) is 0 Å². The second-order valence-corrected chi connectivity index (χ2v) is 9.75. The number of rotatable bonds is 8. The van der Waals surface area contributed by atoms with Crippen molar-refractivity contribution in [2.75, 3.05) is 0 Å². The van der Waals surface area contributed by atoms with E-state index in [-0.39, 0.29) is 5.41 Å². The van der Waals surface area contributed by atoms with Crippen LogP contribution in [0.25, 0.3) is 0 Å². The Morgan fingerprint density at radius 2 is 1.30 bits per heavy atom. The summed E-state index contributed by atoms with van der Waals surface area (Å²) in [5, 5.41) is 20.8. The van der Waals surface area contributed by atoms with Crippen molar-refractivity contribution in [1.29, 1.82) is 0 Å². The maximum absolute atomic E-state index is 10.8. The standard InChI is InChI=1S/C30H40O3/c1-23(12-8-9-13-24(2)15-11-17-26(4)22-31)14-10-16-25(3)18-19-28-29(5,6)20-27(32)21-30(28,7)33/h8-18,22,27,32-33H,20-21H2,1-7H3/b9-8+,14-10+,15-11+,23-12+,24-13+,25-16+,26-17+/t19?,27-,30+/m0/s1. The largest absolute Gasteiger partial charge is 0.393 e. The third-order valence-electron chi connectivity index (χ3n) is 5.49. The van der Waals surface area contributed by atoms with Gasteiger partial charge < -0.3 is 10.2 Å². The zero-order chi connectivity index (χ0) is 25.1. The Morgan fingerprint density at radius 3 is 1.79 bits per heavy atom. The van der Waals surface area contributed by atoms with Gasteiger partial charge in [-0.1, -0.05) is 85.8 Å². The van der Waals surface area contributed by atoms with Crippen LogP contribution in [0.2, 0.25) is 0 Å². The van der Waals surface area contributed by atoms with E-state index in [9.17, 15) is 15.0 Å². The molecule has 1 aliphatic rings. The number of aliphatic hydroxyl groups is 2. The number of hydrogen-bond donors (Lipinski definition) is 2. The lowest BCUT2D eigenvalue weighted by Crippen LogP contribution is -2.45. The first-order chi connectivity index (χ1) is 15.4. The van der Waals surface area contributed by atoms with Crippen molar-refractivity contribution in [2.24, 2.45) is 5.41 Å². The number of aliphatic hydroxyl groups excluding tert-OH is 1. The molecule has 0 unspecified atom stereocenters. The molecule has 178 valence electrons. The van der Waals surface area contributed by atoms with E-state index in [1.807, 2.05) is 95.4 Å². The predicted octanol–water partition coefficient (Wildman–Crippen LogP) is 6.65. The molecule has 0 aliphatic heterocycles. The Balaban J connectivity index is 2.80. The van der Waals surface area contributed by atoms with Gasteiger partial charge in [-0.3, -0.25) is 4.79 Å². The molecule has 0 spiro atoms. The molecule has 0 bridgehead atoms. The van der Waals surface area contributed by atoms with Gasteiger partial charge in [-0.2, -0.15) is 0 Å². The number of allylic oxidation sites excluding steroid dienone is 14. The van der Waals surface area contributed by atoms with Gasteiger partial charge in [-0.05, 0) is 63.7 Å². The lowest BCUT2D eigenvalue weighted by molar-refractivity contribution is -0.104. The van der Waals surface area contributed by atoms with Crippen LogP contribution in [0.5, 0.6) is 0 Å². The number of carbonyl (C=O) groups is 1. The fourth-order valence-electron chi connectivity index (χ4n) is 3.91. The van der Waals surface area contributed by atoms with E-state index in [0.717, 1.165) is 28.6 Å². The van der Waals surface area contributed by atoms with Crippen molar-refractivity contribution in [3.63, 3.8) is 0 Å². The van der Waals surface area contributed by atoms with Crippen molar-refractivity contribution in [1.82, 2.24) is 0 Å². The molecule has 2 atom stereocenters. The van der Waals surface area contributed by atoms with E-state index in [4.69, 9.17) is 0 Å². The highest BCUT2D eigenvalue weighted by molar-refractivity contribution is 5.72. The van der Waals surface area contributed by atoms with Crippen LogP contribution < -0.4 is 0 Å². The van der Waals surface area contributed by atoms with E-state index in [1.165, 1.54) is 0 Å². The number of hydrogen-bond acceptors (Lipinski definition) is 3. The smallest absolute Gasteiger partial charge is 0.145 e. The van der Waals surface area contributed by atoms with E-state index in [1.54, 1.807) is 19.9 Å². The first-order valence-electron chi connectivity index (χ1n) is 11.4. The number of aldehydes is 1. The molecule has 0 heterocycles. The highest BCUT2D eigenvalue weighted by atomic mass is 16.3. The molecule has 0 amide bonds. The monoisotopic (exact) mass is 448 g/mol. The topological polar surface area (TPSA) is 57.5 Å². The Kier molecular flexibility index (Phi) is 11.2. The van der Waals surface area contributed by atoms with Gasteiger partial charge in [0.25, 0.3) is 0 Å². The highest BCUT2D eigenvalue weighted by Crippen LogP contribution is 2.45. The Bertz CT molecular complexity index is 946. The maximum atomic E-state index is 10.8. The van der Waals surface area contributed by atoms with Crippen molar-refractivity contribution in [2.45, 2.75) is 73.0 Å². The second-order valence-electron chi connectivity index (χ2n) is 9.75. The van der Waals surface area contributed by atoms with Gasteiger partial charge in [0.1, 0.15) is 6.29 Å². The second kappa shape index (κ2) is 13.1. The van der Waals surface area contributed by atoms with Gasteiger partial charge in [0, 0.05) is 12.0 Å². The minimum absolute atomic E-state index is 0.298. The van der Waals surface area contributed by atoms with E-state index in [0.29, 0.717) is 18.4 Å². The lowest BCUT2D eigenvalue weighted by atomic mass is 9.65. The van der Waals surface area contributed by atoms with Crippen LogP contribution in [-0.4, -0.2) is 28.2 Å². The quantitative estimate of drug-likeness (QED) is 0.189. The summed E-state index contributed by atoms with van der Waals surface area (Å²) in [5.41, 5.74) is 6.74. The molecule has 33 heavy (non-hydrogen) atoms.